The molecule has 0 aromatic heterocycles. The molecule has 0 unspecified atom stereocenters. The topological polar surface area (TPSA) is 86.8 Å². The maximum atomic E-state index is 12.5. The van der Waals surface area contributed by atoms with Crippen molar-refractivity contribution in [3.05, 3.63) is 48.0 Å². The third-order valence-electron chi connectivity index (χ3n) is 3.00. The number of hydrogen-bond donors (Lipinski definition) is 3. The van der Waals surface area contributed by atoms with E-state index in [4.69, 9.17) is 5.73 Å². The monoisotopic (exact) mass is 272 g/mol. The third-order valence-corrected chi connectivity index (χ3v) is 3.00. The highest BCUT2D eigenvalue weighted by Crippen LogP contribution is 2.28. The van der Waals surface area contributed by atoms with Crippen molar-refractivity contribution in [1.82, 2.24) is 0 Å². The molecule has 0 heterocycles. The zero-order valence-electron chi connectivity index (χ0n) is 11.1. The summed E-state index contributed by atoms with van der Waals surface area (Å²) in [5, 5.41) is 19.4. The fourth-order valence-corrected chi connectivity index (χ4v) is 1.98. The van der Waals surface area contributed by atoms with Gasteiger partial charge in [-0.25, -0.2) is 0 Å². The molecule has 4 N–H and O–H groups in total. The molecule has 2 aromatic rings. The van der Waals surface area contributed by atoms with E-state index in [9.17, 15) is 15.0 Å². The highest BCUT2D eigenvalue weighted by atomic mass is 16.3. The molecule has 0 aliphatic heterocycles. The molecule has 5 nitrogen and oxygen atoms in total. The van der Waals surface area contributed by atoms with Crippen molar-refractivity contribution in [3.63, 3.8) is 0 Å². The molecule has 0 saturated carbocycles. The summed E-state index contributed by atoms with van der Waals surface area (Å²) in [4.78, 5) is 13.9. The van der Waals surface area contributed by atoms with E-state index < -0.39 is 0 Å². The van der Waals surface area contributed by atoms with Crippen molar-refractivity contribution >= 4 is 17.3 Å². The van der Waals surface area contributed by atoms with Crippen LogP contribution < -0.4 is 10.6 Å². The van der Waals surface area contributed by atoms with Gasteiger partial charge in [-0.3, -0.25) is 4.79 Å². The minimum atomic E-state index is -0.372. The number of phenols is 2. The van der Waals surface area contributed by atoms with Crippen molar-refractivity contribution in [1.29, 1.82) is 0 Å². The molecule has 0 bridgehead atoms. The smallest absolute Gasteiger partial charge is 0.262 e. The maximum absolute atomic E-state index is 12.5. The van der Waals surface area contributed by atoms with E-state index in [2.05, 4.69) is 0 Å². The number of aromatic hydroxyl groups is 2. The molecule has 0 aliphatic rings. The number of carbonyl (C=O) groups excluding carboxylic acids is 1. The second kappa shape index (κ2) is 5.52. The summed E-state index contributed by atoms with van der Waals surface area (Å²) in [6.07, 6.45) is 0. The first kappa shape index (κ1) is 13.7. The van der Waals surface area contributed by atoms with Crippen molar-refractivity contribution in [2.45, 2.75) is 6.92 Å². The van der Waals surface area contributed by atoms with Crippen LogP contribution in [0.2, 0.25) is 0 Å². The summed E-state index contributed by atoms with van der Waals surface area (Å²) < 4.78 is 0. The number of phenolic OH excluding ortho intramolecular Hbond substituents is 2. The van der Waals surface area contributed by atoms with Crippen LogP contribution in [0.4, 0.5) is 11.4 Å². The fraction of sp³-hybridized carbons (Fsp3) is 0.133. The van der Waals surface area contributed by atoms with Crippen LogP contribution in [0.5, 0.6) is 11.5 Å². The normalized spacial score (nSPS) is 10.2. The Morgan fingerprint density at radius 3 is 2.55 bits per heavy atom. The van der Waals surface area contributed by atoms with Gasteiger partial charge in [-0.2, -0.15) is 0 Å². The second-order valence-corrected chi connectivity index (χ2v) is 4.31. The van der Waals surface area contributed by atoms with Crippen LogP contribution in [0, 0.1) is 0 Å². The summed E-state index contributed by atoms with van der Waals surface area (Å²) >= 11 is 0. The zero-order chi connectivity index (χ0) is 14.7. The zero-order valence-corrected chi connectivity index (χ0v) is 11.1. The summed E-state index contributed by atoms with van der Waals surface area (Å²) in [6.45, 7) is 2.21. The standard InChI is InChI=1S/C15H16N2O3/c1-2-17(10-5-3-6-11(18)9-10)15(20)12-7-4-8-13(16)14(12)19/h3-9,18-19H,2,16H2,1H3. The molecule has 2 rings (SSSR count). The summed E-state index contributed by atoms with van der Waals surface area (Å²) in [5.41, 5.74) is 6.45. The van der Waals surface area contributed by atoms with Crippen LogP contribution in [0.15, 0.2) is 42.5 Å². The van der Waals surface area contributed by atoms with Crippen LogP contribution in [-0.4, -0.2) is 22.7 Å². The van der Waals surface area contributed by atoms with Gasteiger partial charge in [0.15, 0.2) is 5.75 Å². The highest BCUT2D eigenvalue weighted by molar-refractivity contribution is 6.08. The van der Waals surface area contributed by atoms with Gasteiger partial charge in [0.05, 0.1) is 11.3 Å². The second-order valence-electron chi connectivity index (χ2n) is 4.31. The Kier molecular flexibility index (Phi) is 3.79. The van der Waals surface area contributed by atoms with Crippen LogP contribution in [-0.2, 0) is 0 Å². The van der Waals surface area contributed by atoms with Gasteiger partial charge in [-0.05, 0) is 31.2 Å². The molecule has 0 radical (unpaired) electrons. The van der Waals surface area contributed by atoms with E-state index in [0.717, 1.165) is 0 Å². The van der Waals surface area contributed by atoms with Gasteiger partial charge in [-0.1, -0.05) is 12.1 Å². The van der Waals surface area contributed by atoms with Crippen LogP contribution in [0.25, 0.3) is 0 Å². The maximum Gasteiger partial charge on any atom is 0.262 e. The number of nitrogen functional groups attached to an aromatic ring is 1. The third kappa shape index (κ3) is 2.51. The average molecular weight is 272 g/mol. The number of para-hydroxylation sites is 1. The first-order valence-corrected chi connectivity index (χ1v) is 6.23. The predicted octanol–water partition coefficient (Wildman–Crippen LogP) is 2.35. The van der Waals surface area contributed by atoms with E-state index >= 15 is 0 Å². The van der Waals surface area contributed by atoms with E-state index in [1.807, 2.05) is 6.92 Å². The molecule has 0 saturated heterocycles. The average Bonchev–Trinajstić information content (AvgIpc) is 2.42. The van der Waals surface area contributed by atoms with Gasteiger partial charge in [-0.15, -0.1) is 0 Å². The first-order valence-electron chi connectivity index (χ1n) is 6.23. The number of benzene rings is 2. The number of carbonyl (C=O) groups is 1. The lowest BCUT2D eigenvalue weighted by atomic mass is 10.1. The van der Waals surface area contributed by atoms with Gasteiger partial charge < -0.3 is 20.8 Å². The Balaban J connectivity index is 2.42. The highest BCUT2D eigenvalue weighted by Gasteiger charge is 2.20. The summed E-state index contributed by atoms with van der Waals surface area (Å²) in [5.74, 6) is -0.524. The Labute approximate surface area is 116 Å². The fourth-order valence-electron chi connectivity index (χ4n) is 1.98. The van der Waals surface area contributed by atoms with Crippen LogP contribution in [0.1, 0.15) is 17.3 Å². The molecule has 5 heteroatoms. The Hall–Kier alpha value is -2.69. The van der Waals surface area contributed by atoms with Crippen molar-refractivity contribution < 1.29 is 15.0 Å². The van der Waals surface area contributed by atoms with E-state index in [1.165, 1.54) is 29.2 Å². The lowest BCUT2D eigenvalue weighted by Gasteiger charge is -2.22. The number of amides is 1. The van der Waals surface area contributed by atoms with Gasteiger partial charge in [0.25, 0.3) is 5.91 Å². The molecule has 1 amide bonds. The van der Waals surface area contributed by atoms with E-state index in [0.29, 0.717) is 12.2 Å². The molecule has 0 fully saturated rings. The number of rotatable bonds is 3. The van der Waals surface area contributed by atoms with Crippen molar-refractivity contribution in [2.24, 2.45) is 0 Å². The Morgan fingerprint density at radius 1 is 1.20 bits per heavy atom. The van der Waals surface area contributed by atoms with Crippen molar-refractivity contribution in [2.75, 3.05) is 17.2 Å². The molecule has 2 aromatic carbocycles. The van der Waals surface area contributed by atoms with Gasteiger partial charge in [0.2, 0.25) is 0 Å². The molecular formula is C15H16N2O3. The SMILES string of the molecule is CCN(C(=O)c1cccc(N)c1O)c1cccc(O)c1. The minimum absolute atomic E-state index is 0.0746. The minimum Gasteiger partial charge on any atom is -0.508 e. The lowest BCUT2D eigenvalue weighted by molar-refractivity contribution is 0.0986. The molecule has 0 spiro atoms. The molecule has 0 aliphatic carbocycles. The lowest BCUT2D eigenvalue weighted by Crippen LogP contribution is -2.30. The summed E-state index contributed by atoms with van der Waals surface area (Å²) in [6, 6.07) is 11.0. The number of hydrogen-bond acceptors (Lipinski definition) is 4. The van der Waals surface area contributed by atoms with E-state index in [1.54, 1.807) is 18.2 Å². The molecular weight excluding hydrogens is 256 g/mol. The number of anilines is 2. The van der Waals surface area contributed by atoms with Crippen molar-refractivity contribution in [3.8, 4) is 11.5 Å². The van der Waals surface area contributed by atoms with Gasteiger partial charge in [0.1, 0.15) is 5.75 Å². The van der Waals surface area contributed by atoms with Gasteiger partial charge >= 0.3 is 0 Å². The molecule has 20 heavy (non-hydrogen) atoms. The van der Waals surface area contributed by atoms with Crippen LogP contribution in [0.3, 0.4) is 0 Å². The largest absolute Gasteiger partial charge is 0.508 e. The van der Waals surface area contributed by atoms with Gasteiger partial charge in [0, 0.05) is 18.3 Å². The first-order chi connectivity index (χ1) is 9.54. The number of nitrogens with zero attached hydrogens (tertiary/aromatic N) is 1. The van der Waals surface area contributed by atoms with E-state index in [-0.39, 0.29) is 28.7 Å². The molecule has 0 atom stereocenters. The Morgan fingerprint density at radius 2 is 1.90 bits per heavy atom. The quantitative estimate of drug-likeness (QED) is 0.591. The Bertz CT molecular complexity index is 641. The summed E-state index contributed by atoms with van der Waals surface area (Å²) in [7, 11) is 0. The van der Waals surface area contributed by atoms with Crippen LogP contribution >= 0.6 is 0 Å². The predicted molar refractivity (Wildman–Crippen MR) is 78.0 cm³/mol. The molecule has 104 valence electrons. The number of nitrogens with two attached hydrogens (primary N) is 1.